The summed E-state index contributed by atoms with van der Waals surface area (Å²) in [5.74, 6) is -1.65. The van der Waals surface area contributed by atoms with Gasteiger partial charge >= 0.3 is 5.97 Å². The van der Waals surface area contributed by atoms with Gasteiger partial charge in [-0.15, -0.1) is 0 Å². The molecule has 102 valence electrons. The average Bonchev–Trinajstić information content (AvgIpc) is 2.29. The van der Waals surface area contributed by atoms with Crippen LogP contribution in [0.3, 0.4) is 0 Å². The van der Waals surface area contributed by atoms with E-state index in [1.807, 2.05) is 0 Å². The van der Waals surface area contributed by atoms with E-state index < -0.39 is 18.0 Å². The summed E-state index contributed by atoms with van der Waals surface area (Å²) in [5, 5.41) is 9.08. The van der Waals surface area contributed by atoms with E-state index in [0.29, 0.717) is 10.6 Å². The first-order valence-corrected chi connectivity index (χ1v) is 5.93. The smallest absolute Gasteiger partial charge is 0.328 e. The highest BCUT2D eigenvalue weighted by atomic mass is 35.5. The van der Waals surface area contributed by atoms with Crippen LogP contribution in [0, 0.1) is 0 Å². The third-order valence-electron chi connectivity index (χ3n) is 2.14. The zero-order valence-corrected chi connectivity index (χ0v) is 11.4. The highest BCUT2D eigenvalue weighted by molar-refractivity contribution is 6.36. The number of halogens is 2. The number of nitrogens with two attached hydrogens (primary N) is 1. The van der Waals surface area contributed by atoms with Crippen molar-refractivity contribution >= 4 is 41.2 Å². The largest absolute Gasteiger partial charge is 0.479 e. The lowest BCUT2D eigenvalue weighted by Gasteiger charge is -2.15. The molecular weight excluding hydrogens is 293 g/mol. The van der Waals surface area contributed by atoms with Crippen LogP contribution in [-0.4, -0.2) is 23.1 Å². The molecule has 1 aromatic carbocycles. The van der Waals surface area contributed by atoms with E-state index in [2.05, 4.69) is 0 Å². The summed E-state index contributed by atoms with van der Waals surface area (Å²) in [5.41, 5.74) is 5.43. The lowest BCUT2D eigenvalue weighted by molar-refractivity contribution is -0.131. The fraction of sp³-hybridized carbons (Fsp3) is 0.167. The summed E-state index contributed by atoms with van der Waals surface area (Å²) in [4.78, 5) is 21.5. The van der Waals surface area contributed by atoms with Gasteiger partial charge in [0.05, 0.1) is 5.02 Å². The summed E-state index contributed by atoms with van der Waals surface area (Å²) in [7, 11) is 0. The lowest BCUT2D eigenvalue weighted by Crippen LogP contribution is -2.30. The molecule has 0 radical (unpaired) electrons. The quantitative estimate of drug-likeness (QED) is 0.817. The first kappa shape index (κ1) is 15.3. The lowest BCUT2D eigenvalue weighted by atomic mass is 10.2. The van der Waals surface area contributed by atoms with E-state index in [1.165, 1.54) is 25.1 Å². The second-order valence-corrected chi connectivity index (χ2v) is 4.48. The molecule has 0 aliphatic carbocycles. The predicted octanol–water partition coefficient (Wildman–Crippen LogP) is 2.34. The summed E-state index contributed by atoms with van der Waals surface area (Å²) in [6.07, 6.45) is 1.27. The van der Waals surface area contributed by atoms with Crippen LogP contribution in [0.25, 0.3) is 6.08 Å². The van der Waals surface area contributed by atoms with E-state index in [-0.39, 0.29) is 10.8 Å². The molecule has 0 bridgehead atoms. The molecule has 0 aliphatic rings. The van der Waals surface area contributed by atoms with Crippen molar-refractivity contribution in [1.29, 1.82) is 0 Å². The number of rotatable bonds is 5. The number of carboxylic acids is 1. The first-order chi connectivity index (χ1) is 8.81. The Balaban J connectivity index is 3.20. The molecule has 5 nitrogen and oxygen atoms in total. The fourth-order valence-corrected chi connectivity index (χ4v) is 1.78. The first-order valence-electron chi connectivity index (χ1n) is 5.17. The Kier molecular flexibility index (Phi) is 5.20. The van der Waals surface area contributed by atoms with Crippen molar-refractivity contribution in [1.82, 2.24) is 0 Å². The molecular formula is C12H11Cl2NO4. The van der Waals surface area contributed by atoms with Crippen molar-refractivity contribution < 1.29 is 19.4 Å². The van der Waals surface area contributed by atoms with E-state index in [4.69, 9.17) is 38.8 Å². The van der Waals surface area contributed by atoms with Gasteiger partial charge in [0, 0.05) is 16.7 Å². The molecule has 1 atom stereocenters. The molecule has 1 unspecified atom stereocenters. The SMILES string of the molecule is CC(Oc1c(Cl)cc(Cl)cc1/C=C/C(=O)O)C(N)=O. The van der Waals surface area contributed by atoms with Crippen molar-refractivity contribution in [2.45, 2.75) is 13.0 Å². The maximum Gasteiger partial charge on any atom is 0.328 e. The van der Waals surface area contributed by atoms with Gasteiger partial charge < -0.3 is 15.6 Å². The van der Waals surface area contributed by atoms with Gasteiger partial charge in [-0.05, 0) is 25.1 Å². The van der Waals surface area contributed by atoms with E-state index in [9.17, 15) is 9.59 Å². The summed E-state index contributed by atoms with van der Waals surface area (Å²) in [6, 6.07) is 2.89. The average molecular weight is 304 g/mol. The molecule has 3 N–H and O–H groups in total. The van der Waals surface area contributed by atoms with Gasteiger partial charge in [-0.3, -0.25) is 4.79 Å². The van der Waals surface area contributed by atoms with Gasteiger partial charge in [-0.2, -0.15) is 0 Å². The molecule has 0 fully saturated rings. The molecule has 0 aliphatic heterocycles. The van der Waals surface area contributed by atoms with Crippen LogP contribution < -0.4 is 10.5 Å². The maximum absolute atomic E-state index is 11.0. The predicted molar refractivity (Wildman–Crippen MR) is 72.4 cm³/mol. The minimum Gasteiger partial charge on any atom is -0.479 e. The Bertz CT molecular complexity index is 543. The van der Waals surface area contributed by atoms with Crippen molar-refractivity contribution in [3.8, 4) is 5.75 Å². The number of benzene rings is 1. The molecule has 0 aromatic heterocycles. The number of primary amides is 1. The topological polar surface area (TPSA) is 89.6 Å². The maximum atomic E-state index is 11.0. The van der Waals surface area contributed by atoms with Crippen LogP contribution in [0.2, 0.25) is 10.0 Å². The number of amides is 1. The molecule has 0 saturated carbocycles. The molecule has 1 rings (SSSR count). The van der Waals surface area contributed by atoms with Crippen LogP contribution in [-0.2, 0) is 9.59 Å². The number of ether oxygens (including phenoxy) is 1. The molecule has 1 aromatic rings. The molecule has 1 amide bonds. The third kappa shape index (κ3) is 4.46. The molecule has 0 heterocycles. The minimum atomic E-state index is -1.13. The van der Waals surface area contributed by atoms with Gasteiger partial charge in [0.1, 0.15) is 5.75 Å². The Labute approximate surface area is 119 Å². The molecule has 0 spiro atoms. The number of hydrogen-bond acceptors (Lipinski definition) is 3. The van der Waals surface area contributed by atoms with Gasteiger partial charge in [-0.25, -0.2) is 4.79 Å². The number of carbonyl (C=O) groups is 2. The van der Waals surface area contributed by atoms with Crippen LogP contribution in [0.1, 0.15) is 12.5 Å². The van der Waals surface area contributed by atoms with Crippen molar-refractivity contribution in [3.63, 3.8) is 0 Å². The highest BCUT2D eigenvalue weighted by Crippen LogP contribution is 2.34. The van der Waals surface area contributed by atoms with Crippen molar-refractivity contribution in [2.24, 2.45) is 5.73 Å². The van der Waals surface area contributed by atoms with Crippen LogP contribution in [0.4, 0.5) is 0 Å². The number of aliphatic carboxylic acids is 1. The van der Waals surface area contributed by atoms with Gasteiger partial charge in [0.15, 0.2) is 6.10 Å². The van der Waals surface area contributed by atoms with Gasteiger partial charge in [0.25, 0.3) is 5.91 Å². The second kappa shape index (κ2) is 6.45. The molecule has 19 heavy (non-hydrogen) atoms. The van der Waals surface area contributed by atoms with Crippen LogP contribution in [0.5, 0.6) is 5.75 Å². The van der Waals surface area contributed by atoms with Gasteiger partial charge in [-0.1, -0.05) is 23.2 Å². The summed E-state index contributed by atoms with van der Waals surface area (Å²) < 4.78 is 5.32. The summed E-state index contributed by atoms with van der Waals surface area (Å²) >= 11 is 11.8. The third-order valence-corrected chi connectivity index (χ3v) is 2.64. The normalized spacial score (nSPS) is 12.4. The fourth-order valence-electron chi connectivity index (χ4n) is 1.22. The standard InChI is InChI=1S/C12H11Cl2NO4/c1-6(12(15)18)19-11-7(2-3-10(16)17)4-8(13)5-9(11)14/h2-6H,1H3,(H2,15,18)(H,16,17)/b3-2+. The molecule has 7 heteroatoms. The number of carboxylic acid groups (broad SMARTS) is 1. The van der Waals surface area contributed by atoms with Gasteiger partial charge in [0.2, 0.25) is 0 Å². The zero-order valence-electron chi connectivity index (χ0n) is 9.89. The van der Waals surface area contributed by atoms with E-state index in [0.717, 1.165) is 6.08 Å². The van der Waals surface area contributed by atoms with E-state index in [1.54, 1.807) is 0 Å². The van der Waals surface area contributed by atoms with Crippen LogP contribution in [0.15, 0.2) is 18.2 Å². The number of hydrogen-bond donors (Lipinski definition) is 2. The Morgan fingerprint density at radius 3 is 2.58 bits per heavy atom. The second-order valence-electron chi connectivity index (χ2n) is 3.64. The zero-order chi connectivity index (χ0) is 14.6. The minimum absolute atomic E-state index is 0.148. The molecule has 0 saturated heterocycles. The highest BCUT2D eigenvalue weighted by Gasteiger charge is 2.16. The Morgan fingerprint density at radius 2 is 2.05 bits per heavy atom. The van der Waals surface area contributed by atoms with Crippen molar-refractivity contribution in [2.75, 3.05) is 0 Å². The van der Waals surface area contributed by atoms with Crippen LogP contribution >= 0.6 is 23.2 Å². The van der Waals surface area contributed by atoms with E-state index >= 15 is 0 Å². The number of carbonyl (C=O) groups excluding carboxylic acids is 1. The van der Waals surface area contributed by atoms with Crippen molar-refractivity contribution in [3.05, 3.63) is 33.8 Å². The Hall–Kier alpha value is -1.72. The summed E-state index contributed by atoms with van der Waals surface area (Å²) in [6.45, 7) is 1.46. The Morgan fingerprint density at radius 1 is 1.42 bits per heavy atom. The monoisotopic (exact) mass is 303 g/mol.